The average Bonchev–Trinajstić information content (AvgIpc) is 3.04. The quantitative estimate of drug-likeness (QED) is 0.770. The number of sulfonamides is 1. The first-order valence-electron chi connectivity index (χ1n) is 6.60. The van der Waals surface area contributed by atoms with Gasteiger partial charge in [0.2, 0.25) is 10.0 Å². The van der Waals surface area contributed by atoms with Gasteiger partial charge in [-0.1, -0.05) is 6.92 Å². The molecular weight excluding hydrogens is 294 g/mol. The fourth-order valence-corrected chi connectivity index (χ4v) is 4.29. The summed E-state index contributed by atoms with van der Waals surface area (Å²) in [5.74, 6) is 0. The molecule has 2 N–H and O–H groups in total. The Balaban J connectivity index is 1.85. The highest BCUT2D eigenvalue weighted by Gasteiger charge is 2.15. The van der Waals surface area contributed by atoms with Gasteiger partial charge in [0.1, 0.15) is 4.21 Å². The van der Waals surface area contributed by atoms with Crippen LogP contribution < -0.4 is 4.72 Å². The largest absolute Gasteiger partial charge is 0.283 e. The molecule has 0 fully saturated rings. The van der Waals surface area contributed by atoms with Crippen LogP contribution in [0.15, 0.2) is 22.5 Å². The maximum absolute atomic E-state index is 12.1. The van der Waals surface area contributed by atoms with Gasteiger partial charge in [-0.3, -0.25) is 5.10 Å². The Labute approximate surface area is 123 Å². The molecule has 110 valence electrons. The Hall–Kier alpha value is -1.18. The molecule has 0 spiro atoms. The predicted molar refractivity (Wildman–Crippen MR) is 80.5 cm³/mol. The summed E-state index contributed by atoms with van der Waals surface area (Å²) in [6.45, 7) is 4.42. The van der Waals surface area contributed by atoms with E-state index in [0.717, 1.165) is 35.4 Å². The fraction of sp³-hybridized carbons (Fsp3) is 0.462. The zero-order valence-corrected chi connectivity index (χ0v) is 13.3. The number of nitrogens with one attached hydrogen (secondary N) is 2. The molecule has 0 aromatic carbocycles. The second kappa shape index (κ2) is 6.51. The molecule has 2 heterocycles. The maximum atomic E-state index is 12.1. The molecule has 0 radical (unpaired) electrons. The monoisotopic (exact) mass is 313 g/mol. The third-order valence-corrected chi connectivity index (χ3v) is 6.28. The zero-order valence-electron chi connectivity index (χ0n) is 11.6. The second-order valence-electron chi connectivity index (χ2n) is 4.60. The van der Waals surface area contributed by atoms with Crippen LogP contribution in [0.1, 0.15) is 29.5 Å². The summed E-state index contributed by atoms with van der Waals surface area (Å²) in [5, 5.41) is 6.82. The molecule has 7 heteroatoms. The van der Waals surface area contributed by atoms with E-state index in [1.807, 2.05) is 19.9 Å². The van der Waals surface area contributed by atoms with E-state index in [4.69, 9.17) is 0 Å². The summed E-state index contributed by atoms with van der Waals surface area (Å²) in [7, 11) is -3.36. The van der Waals surface area contributed by atoms with Crippen molar-refractivity contribution < 1.29 is 8.42 Å². The first-order chi connectivity index (χ1) is 9.53. The number of rotatable bonds is 7. The van der Waals surface area contributed by atoms with E-state index in [1.165, 1.54) is 11.3 Å². The molecule has 0 saturated heterocycles. The number of thiophene rings is 1. The van der Waals surface area contributed by atoms with Crippen molar-refractivity contribution in [3.8, 4) is 0 Å². The molecule has 0 aliphatic rings. The van der Waals surface area contributed by atoms with Crippen LogP contribution in [0.4, 0.5) is 0 Å². The van der Waals surface area contributed by atoms with E-state index in [2.05, 4.69) is 14.9 Å². The van der Waals surface area contributed by atoms with Crippen LogP contribution in [0.3, 0.4) is 0 Å². The highest BCUT2D eigenvalue weighted by atomic mass is 32.2. The van der Waals surface area contributed by atoms with Gasteiger partial charge in [-0.15, -0.1) is 11.3 Å². The van der Waals surface area contributed by atoms with E-state index in [-0.39, 0.29) is 0 Å². The number of aromatic nitrogens is 2. The van der Waals surface area contributed by atoms with Gasteiger partial charge in [-0.2, -0.15) is 5.10 Å². The lowest BCUT2D eigenvalue weighted by Gasteiger charge is -2.04. The molecule has 0 saturated carbocycles. The van der Waals surface area contributed by atoms with Crippen molar-refractivity contribution in [3.05, 3.63) is 34.5 Å². The third-order valence-electron chi connectivity index (χ3n) is 3.10. The van der Waals surface area contributed by atoms with Crippen molar-refractivity contribution in [2.24, 2.45) is 0 Å². The van der Waals surface area contributed by atoms with Gasteiger partial charge in [0.05, 0.1) is 6.20 Å². The number of nitrogens with zero attached hydrogens (tertiary/aromatic N) is 1. The van der Waals surface area contributed by atoms with Crippen molar-refractivity contribution in [1.82, 2.24) is 14.9 Å². The molecule has 0 bridgehead atoms. The Kier molecular flexibility index (Phi) is 4.95. The van der Waals surface area contributed by atoms with E-state index in [9.17, 15) is 8.42 Å². The highest BCUT2D eigenvalue weighted by molar-refractivity contribution is 7.91. The summed E-state index contributed by atoms with van der Waals surface area (Å²) in [4.78, 5) is 1.08. The molecular formula is C13H19N3O2S2. The maximum Gasteiger partial charge on any atom is 0.250 e. The van der Waals surface area contributed by atoms with Crippen molar-refractivity contribution in [1.29, 1.82) is 0 Å². The van der Waals surface area contributed by atoms with Crippen molar-refractivity contribution in [2.75, 3.05) is 6.54 Å². The van der Waals surface area contributed by atoms with E-state index >= 15 is 0 Å². The number of H-pyrrole nitrogens is 1. The van der Waals surface area contributed by atoms with Crippen LogP contribution in [0.5, 0.6) is 0 Å². The minimum Gasteiger partial charge on any atom is -0.283 e. The lowest BCUT2D eigenvalue weighted by atomic mass is 10.1. The van der Waals surface area contributed by atoms with Crippen molar-refractivity contribution >= 4 is 21.4 Å². The van der Waals surface area contributed by atoms with Crippen molar-refractivity contribution in [2.45, 2.75) is 37.3 Å². The van der Waals surface area contributed by atoms with Crippen LogP contribution in [-0.2, 0) is 22.9 Å². The van der Waals surface area contributed by atoms with Gasteiger partial charge in [-0.25, -0.2) is 13.1 Å². The van der Waals surface area contributed by atoms with Gasteiger partial charge >= 0.3 is 0 Å². The zero-order chi connectivity index (χ0) is 14.6. The first kappa shape index (κ1) is 15.2. The van der Waals surface area contributed by atoms with Gasteiger partial charge < -0.3 is 0 Å². The summed E-state index contributed by atoms with van der Waals surface area (Å²) >= 11 is 1.33. The molecule has 2 rings (SSSR count). The Morgan fingerprint density at radius 3 is 2.80 bits per heavy atom. The Morgan fingerprint density at radius 1 is 1.40 bits per heavy atom. The van der Waals surface area contributed by atoms with E-state index in [0.29, 0.717) is 10.8 Å². The lowest BCUT2D eigenvalue weighted by molar-refractivity contribution is 0.581. The highest BCUT2D eigenvalue weighted by Crippen LogP contribution is 2.21. The minimum absolute atomic E-state index is 0.397. The van der Waals surface area contributed by atoms with Gasteiger partial charge in [0.25, 0.3) is 0 Å². The van der Waals surface area contributed by atoms with Crippen LogP contribution in [0, 0.1) is 6.92 Å². The molecule has 2 aromatic rings. The minimum atomic E-state index is -3.36. The molecule has 0 amide bonds. The molecule has 0 atom stereocenters. The van der Waals surface area contributed by atoms with Gasteiger partial charge in [0, 0.05) is 17.1 Å². The standard InChI is InChI=1S/C13H19N3O2S2/c1-3-12-6-7-13(19-12)20(17,18)15-8-4-5-11-9-14-16-10(11)2/h6-7,9,15H,3-5,8H2,1-2H3,(H,14,16). The van der Waals surface area contributed by atoms with Crippen LogP contribution in [0.25, 0.3) is 0 Å². The summed E-state index contributed by atoms with van der Waals surface area (Å²) in [5.41, 5.74) is 2.17. The topological polar surface area (TPSA) is 74.8 Å². The third kappa shape index (κ3) is 3.68. The van der Waals surface area contributed by atoms with Crippen LogP contribution in [-0.4, -0.2) is 25.2 Å². The summed E-state index contributed by atoms with van der Waals surface area (Å²) in [6, 6.07) is 3.54. The molecule has 0 aliphatic carbocycles. The Morgan fingerprint density at radius 2 is 2.20 bits per heavy atom. The second-order valence-corrected chi connectivity index (χ2v) is 7.76. The van der Waals surface area contributed by atoms with Crippen LogP contribution >= 0.6 is 11.3 Å². The van der Waals surface area contributed by atoms with Crippen LogP contribution in [0.2, 0.25) is 0 Å². The SMILES string of the molecule is CCc1ccc(S(=O)(=O)NCCCc2cn[nH]c2C)s1. The molecule has 2 aromatic heterocycles. The van der Waals surface area contributed by atoms with Gasteiger partial charge in [-0.05, 0) is 43.9 Å². The first-order valence-corrected chi connectivity index (χ1v) is 8.90. The average molecular weight is 313 g/mol. The molecule has 0 aliphatic heterocycles. The number of aromatic amines is 1. The summed E-state index contributed by atoms with van der Waals surface area (Å²) < 4.78 is 27.2. The number of aryl methyl sites for hydroxylation is 3. The number of hydrogen-bond acceptors (Lipinski definition) is 4. The number of hydrogen-bond donors (Lipinski definition) is 2. The molecule has 5 nitrogen and oxygen atoms in total. The lowest BCUT2D eigenvalue weighted by Crippen LogP contribution is -2.24. The van der Waals surface area contributed by atoms with Gasteiger partial charge in [0.15, 0.2) is 0 Å². The van der Waals surface area contributed by atoms with Crippen molar-refractivity contribution in [3.63, 3.8) is 0 Å². The smallest absolute Gasteiger partial charge is 0.250 e. The summed E-state index contributed by atoms with van der Waals surface area (Å²) in [6.07, 6.45) is 4.22. The van der Waals surface area contributed by atoms with E-state index < -0.39 is 10.0 Å². The fourth-order valence-electron chi connectivity index (χ4n) is 1.88. The molecule has 0 unspecified atom stereocenters. The normalized spacial score (nSPS) is 11.9. The predicted octanol–water partition coefficient (Wildman–Crippen LogP) is 2.25. The molecule has 20 heavy (non-hydrogen) atoms. The Bertz CT molecular complexity index is 659. The van der Waals surface area contributed by atoms with E-state index in [1.54, 1.807) is 12.3 Å².